The Morgan fingerprint density at radius 3 is 2.74 bits per heavy atom. The highest BCUT2D eigenvalue weighted by Crippen LogP contribution is 2.17. The molecule has 0 atom stereocenters. The lowest BCUT2D eigenvalue weighted by molar-refractivity contribution is 0.274. The predicted octanol–water partition coefficient (Wildman–Crippen LogP) is 2.82. The van der Waals surface area contributed by atoms with Gasteiger partial charge in [0.15, 0.2) is 0 Å². The van der Waals surface area contributed by atoms with Crippen molar-refractivity contribution in [3.8, 4) is 5.69 Å². The van der Waals surface area contributed by atoms with E-state index in [0.29, 0.717) is 0 Å². The molecule has 2 aromatic rings. The molecule has 0 aliphatic carbocycles. The second kappa shape index (κ2) is 6.67. The van der Waals surface area contributed by atoms with Crippen molar-refractivity contribution in [2.24, 2.45) is 0 Å². The number of para-hydroxylation sites is 1. The van der Waals surface area contributed by atoms with Gasteiger partial charge in [-0.15, -0.1) is 0 Å². The summed E-state index contributed by atoms with van der Waals surface area (Å²) in [5.41, 5.74) is 3.98. The molecule has 0 unspecified atom stereocenters. The molecule has 4 heteroatoms. The maximum atomic E-state index is 12.6. The number of aromatic amines is 1. The molecule has 0 spiro atoms. The summed E-state index contributed by atoms with van der Waals surface area (Å²) in [4.78, 5) is 14.9. The van der Waals surface area contributed by atoms with Crippen LogP contribution in [0.1, 0.15) is 11.3 Å². The molecule has 0 fully saturated rings. The number of nitrogens with one attached hydrogen (secondary N) is 1. The lowest BCUT2D eigenvalue weighted by Crippen LogP contribution is -2.33. The first kappa shape index (κ1) is 15.3. The highest BCUT2D eigenvalue weighted by molar-refractivity contribution is 5.33. The second-order valence-electron chi connectivity index (χ2n) is 5.69. The van der Waals surface area contributed by atoms with E-state index in [9.17, 15) is 4.79 Å². The van der Waals surface area contributed by atoms with E-state index in [1.54, 1.807) is 10.8 Å². The minimum atomic E-state index is 0.0661. The van der Waals surface area contributed by atoms with E-state index >= 15 is 0 Å². The Labute approximate surface area is 136 Å². The Balaban J connectivity index is 1.85. The highest BCUT2D eigenvalue weighted by atomic mass is 16.1. The van der Waals surface area contributed by atoms with Crippen molar-refractivity contribution in [2.75, 3.05) is 13.1 Å². The highest BCUT2D eigenvalue weighted by Gasteiger charge is 2.22. The van der Waals surface area contributed by atoms with Crippen molar-refractivity contribution in [3.63, 3.8) is 0 Å². The Morgan fingerprint density at radius 1 is 1.26 bits per heavy atom. The zero-order valence-corrected chi connectivity index (χ0v) is 13.2. The number of rotatable bonds is 5. The predicted molar refractivity (Wildman–Crippen MR) is 93.8 cm³/mol. The molecule has 118 valence electrons. The van der Waals surface area contributed by atoms with Gasteiger partial charge < -0.3 is 0 Å². The molecule has 1 aromatic carbocycles. The molecule has 0 radical (unpaired) electrons. The van der Waals surface area contributed by atoms with E-state index in [4.69, 9.17) is 0 Å². The number of benzene rings is 1. The summed E-state index contributed by atoms with van der Waals surface area (Å²) in [5.74, 6) is 0. The van der Waals surface area contributed by atoms with Crippen LogP contribution in [0, 0.1) is 0 Å². The third-order valence-electron chi connectivity index (χ3n) is 4.15. The van der Waals surface area contributed by atoms with Gasteiger partial charge in [-0.1, -0.05) is 49.6 Å². The fraction of sp³-hybridized carbons (Fsp3) is 0.211. The number of allylic oxidation sites excluding steroid dienone is 2. The van der Waals surface area contributed by atoms with Gasteiger partial charge >= 0.3 is 0 Å². The van der Waals surface area contributed by atoms with Gasteiger partial charge in [0, 0.05) is 25.2 Å². The second-order valence-corrected chi connectivity index (χ2v) is 5.69. The number of aromatic nitrogens is 2. The number of hydrogen-bond acceptors (Lipinski definition) is 2. The molecule has 1 aliphatic rings. The Bertz CT molecular complexity index is 796. The van der Waals surface area contributed by atoms with Gasteiger partial charge in [0.05, 0.1) is 11.4 Å². The topological polar surface area (TPSA) is 41.0 Å². The van der Waals surface area contributed by atoms with E-state index in [1.807, 2.05) is 42.5 Å². The summed E-state index contributed by atoms with van der Waals surface area (Å²) in [6.07, 6.45) is 6.37. The smallest absolute Gasteiger partial charge is 0.274 e. The van der Waals surface area contributed by atoms with Crippen LogP contribution in [0.2, 0.25) is 0 Å². The molecule has 0 saturated heterocycles. The van der Waals surface area contributed by atoms with Crippen molar-refractivity contribution < 1.29 is 0 Å². The minimum Gasteiger partial charge on any atom is -0.293 e. The van der Waals surface area contributed by atoms with Crippen molar-refractivity contribution >= 4 is 0 Å². The molecular weight excluding hydrogens is 286 g/mol. The summed E-state index contributed by atoms with van der Waals surface area (Å²) < 4.78 is 1.64. The lowest BCUT2D eigenvalue weighted by Gasteiger charge is -2.26. The number of nitrogens with zero attached hydrogens (tertiary/aromatic N) is 2. The molecule has 0 saturated carbocycles. The average molecular weight is 307 g/mol. The van der Waals surface area contributed by atoms with Crippen LogP contribution in [0.15, 0.2) is 72.1 Å². The number of hydrogen-bond donors (Lipinski definition) is 1. The Kier molecular flexibility index (Phi) is 4.44. The SMILES string of the molecule is C=C/C=C(\C=C)CN1CCc2c([nH]n(-c3ccccc3)c2=O)C1. The third-order valence-corrected chi connectivity index (χ3v) is 4.15. The van der Waals surface area contributed by atoms with Crippen molar-refractivity contribution in [1.82, 2.24) is 14.7 Å². The van der Waals surface area contributed by atoms with Gasteiger partial charge in [-0.25, -0.2) is 4.68 Å². The molecule has 4 nitrogen and oxygen atoms in total. The van der Waals surface area contributed by atoms with Crippen LogP contribution >= 0.6 is 0 Å². The molecule has 0 bridgehead atoms. The average Bonchev–Trinajstić information content (AvgIpc) is 2.91. The molecule has 1 aromatic heterocycles. The molecule has 3 rings (SSSR count). The zero-order chi connectivity index (χ0) is 16.2. The van der Waals surface area contributed by atoms with E-state index in [2.05, 4.69) is 23.2 Å². The normalized spacial score (nSPS) is 15.2. The summed E-state index contributed by atoms with van der Waals surface area (Å²) in [6, 6.07) is 9.68. The van der Waals surface area contributed by atoms with Gasteiger partial charge in [0.25, 0.3) is 5.56 Å². The first-order valence-corrected chi connectivity index (χ1v) is 7.77. The summed E-state index contributed by atoms with van der Waals surface area (Å²) in [5, 5.41) is 3.27. The fourth-order valence-electron chi connectivity index (χ4n) is 2.97. The fourth-order valence-corrected chi connectivity index (χ4v) is 2.97. The van der Waals surface area contributed by atoms with Gasteiger partial charge in [-0.3, -0.25) is 14.8 Å². The van der Waals surface area contributed by atoms with E-state index in [1.165, 1.54) is 0 Å². The Hall–Kier alpha value is -2.59. The summed E-state index contributed by atoms with van der Waals surface area (Å²) in [6.45, 7) is 10.0. The molecule has 0 amide bonds. The van der Waals surface area contributed by atoms with Gasteiger partial charge in [-0.2, -0.15) is 0 Å². The first-order valence-electron chi connectivity index (χ1n) is 7.77. The Morgan fingerprint density at radius 2 is 2.04 bits per heavy atom. The van der Waals surface area contributed by atoms with Gasteiger partial charge in [0.1, 0.15) is 0 Å². The van der Waals surface area contributed by atoms with E-state index < -0.39 is 0 Å². The zero-order valence-electron chi connectivity index (χ0n) is 13.2. The number of H-pyrrole nitrogens is 1. The van der Waals surface area contributed by atoms with Crippen LogP contribution < -0.4 is 5.56 Å². The van der Waals surface area contributed by atoms with E-state index in [0.717, 1.165) is 48.6 Å². The maximum Gasteiger partial charge on any atom is 0.274 e. The van der Waals surface area contributed by atoms with Crippen LogP contribution in [0.3, 0.4) is 0 Å². The van der Waals surface area contributed by atoms with Crippen molar-refractivity contribution in [3.05, 3.63) is 88.9 Å². The first-order chi connectivity index (χ1) is 11.2. The summed E-state index contributed by atoms with van der Waals surface area (Å²) >= 11 is 0. The number of fused-ring (bicyclic) bond motifs is 1. The quantitative estimate of drug-likeness (QED) is 0.863. The van der Waals surface area contributed by atoms with Gasteiger partial charge in [-0.05, 0) is 24.1 Å². The maximum absolute atomic E-state index is 12.6. The standard InChI is InChI=1S/C19H21N3O/c1-3-8-15(4-2)13-21-12-11-17-18(14-21)20-22(19(17)23)16-9-6-5-7-10-16/h3-10,20H,1-2,11-14H2/b15-8+. The molecule has 2 heterocycles. The monoisotopic (exact) mass is 307 g/mol. The van der Waals surface area contributed by atoms with E-state index in [-0.39, 0.29) is 5.56 Å². The van der Waals surface area contributed by atoms with Crippen LogP contribution in [-0.4, -0.2) is 27.8 Å². The van der Waals surface area contributed by atoms with Crippen LogP contribution in [0.4, 0.5) is 0 Å². The van der Waals surface area contributed by atoms with Crippen LogP contribution in [-0.2, 0) is 13.0 Å². The minimum absolute atomic E-state index is 0.0661. The largest absolute Gasteiger partial charge is 0.293 e. The van der Waals surface area contributed by atoms with Crippen LogP contribution in [0.5, 0.6) is 0 Å². The molecular formula is C19H21N3O. The summed E-state index contributed by atoms with van der Waals surface area (Å²) in [7, 11) is 0. The molecule has 1 aliphatic heterocycles. The van der Waals surface area contributed by atoms with Crippen LogP contribution in [0.25, 0.3) is 5.69 Å². The van der Waals surface area contributed by atoms with Crippen molar-refractivity contribution in [1.29, 1.82) is 0 Å². The lowest BCUT2D eigenvalue weighted by atomic mass is 10.1. The molecule has 1 N–H and O–H groups in total. The van der Waals surface area contributed by atoms with Crippen molar-refractivity contribution in [2.45, 2.75) is 13.0 Å². The third kappa shape index (κ3) is 3.12. The molecule has 23 heavy (non-hydrogen) atoms. The van der Waals surface area contributed by atoms with Gasteiger partial charge in [0.2, 0.25) is 0 Å².